The minimum Gasteiger partial charge on any atom is -0.371 e. The molecule has 0 atom stereocenters. The van der Waals surface area contributed by atoms with Crippen molar-refractivity contribution in [1.29, 1.82) is 0 Å². The zero-order valence-corrected chi connectivity index (χ0v) is 11.7. The van der Waals surface area contributed by atoms with Crippen molar-refractivity contribution >= 4 is 5.69 Å². The lowest BCUT2D eigenvalue weighted by molar-refractivity contribution is 0.252. The van der Waals surface area contributed by atoms with E-state index < -0.39 is 0 Å². The summed E-state index contributed by atoms with van der Waals surface area (Å²) < 4.78 is 0. The quantitative estimate of drug-likeness (QED) is 0.871. The molecule has 0 aliphatic carbocycles. The summed E-state index contributed by atoms with van der Waals surface area (Å²) in [5.41, 5.74) is 2.59. The second kappa shape index (κ2) is 6.16. The summed E-state index contributed by atoms with van der Waals surface area (Å²) >= 11 is 0. The van der Waals surface area contributed by atoms with E-state index in [1.165, 1.54) is 37.2 Å². The number of aromatic nitrogens is 1. The highest BCUT2D eigenvalue weighted by Gasteiger charge is 2.21. The number of hydrogen-bond acceptors (Lipinski definition) is 4. The molecule has 0 unspecified atom stereocenters. The maximum absolute atomic E-state index is 4.23. The van der Waals surface area contributed by atoms with E-state index in [0.717, 1.165) is 6.54 Å². The first-order valence-electron chi connectivity index (χ1n) is 6.71. The van der Waals surface area contributed by atoms with Crippen LogP contribution in [0.25, 0.3) is 0 Å². The number of nitrogens with zero attached hydrogens (tertiary/aromatic N) is 3. The first-order chi connectivity index (χ1) is 8.72. The lowest BCUT2D eigenvalue weighted by Crippen LogP contribution is -2.42. The third-order valence-electron chi connectivity index (χ3n) is 3.86. The second-order valence-corrected chi connectivity index (χ2v) is 5.18. The molecule has 4 nitrogen and oxygen atoms in total. The Morgan fingerprint density at radius 2 is 2.17 bits per heavy atom. The monoisotopic (exact) mass is 248 g/mol. The van der Waals surface area contributed by atoms with Gasteiger partial charge in [-0.15, -0.1) is 0 Å². The molecule has 1 aromatic heterocycles. The van der Waals surface area contributed by atoms with Crippen molar-refractivity contribution in [3.05, 3.63) is 24.0 Å². The van der Waals surface area contributed by atoms with Crippen molar-refractivity contribution in [2.24, 2.45) is 0 Å². The standard InChI is InChI=1S/C14H24N4/c1-15-10-12-11-16-7-4-14(12)18(3)13-5-8-17(2)9-6-13/h4,7,11,13,15H,5-6,8-10H2,1-3H3. The van der Waals surface area contributed by atoms with Crippen molar-refractivity contribution in [3.8, 4) is 0 Å². The largest absolute Gasteiger partial charge is 0.371 e. The van der Waals surface area contributed by atoms with Gasteiger partial charge in [0.1, 0.15) is 0 Å². The van der Waals surface area contributed by atoms with Gasteiger partial charge in [-0.2, -0.15) is 0 Å². The molecule has 0 aromatic carbocycles. The van der Waals surface area contributed by atoms with Crippen molar-refractivity contribution < 1.29 is 0 Å². The number of pyridine rings is 1. The molecular weight excluding hydrogens is 224 g/mol. The SMILES string of the molecule is CNCc1cnccc1N(C)C1CCN(C)CC1. The molecule has 18 heavy (non-hydrogen) atoms. The molecule has 2 heterocycles. The van der Waals surface area contributed by atoms with Crippen molar-refractivity contribution in [2.45, 2.75) is 25.4 Å². The van der Waals surface area contributed by atoms with Crippen LogP contribution >= 0.6 is 0 Å². The number of hydrogen-bond donors (Lipinski definition) is 1. The molecule has 1 saturated heterocycles. The Kier molecular flexibility index (Phi) is 4.55. The van der Waals surface area contributed by atoms with Crippen LogP contribution in [0.15, 0.2) is 18.5 Å². The fourth-order valence-electron chi connectivity index (χ4n) is 2.67. The van der Waals surface area contributed by atoms with Gasteiger partial charge in [-0.25, -0.2) is 0 Å². The van der Waals surface area contributed by atoms with Gasteiger partial charge >= 0.3 is 0 Å². The van der Waals surface area contributed by atoms with Crippen LogP contribution in [-0.4, -0.2) is 50.2 Å². The average molecular weight is 248 g/mol. The van der Waals surface area contributed by atoms with E-state index in [2.05, 4.69) is 40.3 Å². The van der Waals surface area contributed by atoms with Gasteiger partial charge in [0.25, 0.3) is 0 Å². The summed E-state index contributed by atoms with van der Waals surface area (Å²) in [6, 6.07) is 2.78. The average Bonchev–Trinajstić information content (AvgIpc) is 2.40. The lowest BCUT2D eigenvalue weighted by Gasteiger charge is -2.37. The van der Waals surface area contributed by atoms with Crippen molar-refractivity contribution in [3.63, 3.8) is 0 Å². The Bertz CT molecular complexity index is 372. The van der Waals surface area contributed by atoms with Gasteiger partial charge in [-0.05, 0) is 46.1 Å². The number of rotatable bonds is 4. The zero-order chi connectivity index (χ0) is 13.0. The lowest BCUT2D eigenvalue weighted by atomic mass is 10.0. The Hall–Kier alpha value is -1.13. The molecule has 4 heteroatoms. The molecule has 1 aliphatic heterocycles. The van der Waals surface area contributed by atoms with Gasteiger partial charge < -0.3 is 15.1 Å². The highest BCUT2D eigenvalue weighted by Crippen LogP contribution is 2.24. The van der Waals surface area contributed by atoms with Crippen molar-refractivity contribution in [1.82, 2.24) is 15.2 Å². The van der Waals surface area contributed by atoms with E-state index in [1.54, 1.807) is 0 Å². The van der Waals surface area contributed by atoms with Crippen molar-refractivity contribution in [2.75, 3.05) is 39.1 Å². The summed E-state index contributed by atoms with van der Waals surface area (Å²) in [4.78, 5) is 9.07. The zero-order valence-electron chi connectivity index (χ0n) is 11.7. The number of anilines is 1. The maximum Gasteiger partial charge on any atom is 0.0442 e. The smallest absolute Gasteiger partial charge is 0.0442 e. The highest BCUT2D eigenvalue weighted by atomic mass is 15.2. The van der Waals surface area contributed by atoms with Crippen LogP contribution in [0.1, 0.15) is 18.4 Å². The minimum atomic E-state index is 0.652. The molecule has 0 radical (unpaired) electrons. The summed E-state index contributed by atoms with van der Waals surface area (Å²) in [6.45, 7) is 3.27. The Morgan fingerprint density at radius 3 is 2.83 bits per heavy atom. The van der Waals surface area contributed by atoms with E-state index in [1.807, 2.05) is 19.4 Å². The van der Waals surface area contributed by atoms with E-state index in [-0.39, 0.29) is 0 Å². The van der Waals surface area contributed by atoms with Crippen LogP contribution in [0, 0.1) is 0 Å². The van der Waals surface area contributed by atoms with E-state index in [9.17, 15) is 0 Å². The fraction of sp³-hybridized carbons (Fsp3) is 0.643. The van der Waals surface area contributed by atoms with Crippen LogP contribution in [0.3, 0.4) is 0 Å². The molecule has 1 aliphatic rings. The second-order valence-electron chi connectivity index (χ2n) is 5.18. The normalized spacial score (nSPS) is 17.9. The maximum atomic E-state index is 4.23. The number of nitrogens with one attached hydrogen (secondary N) is 1. The van der Waals surface area contributed by atoms with Crippen LogP contribution in [0.5, 0.6) is 0 Å². The number of likely N-dealkylation sites (tertiary alicyclic amines) is 1. The molecule has 1 fully saturated rings. The minimum absolute atomic E-state index is 0.652. The van der Waals surface area contributed by atoms with Crippen LogP contribution in [0.4, 0.5) is 5.69 Å². The Labute approximate surface area is 110 Å². The summed E-state index contributed by atoms with van der Waals surface area (Å²) in [5, 5.41) is 3.21. The summed E-state index contributed by atoms with van der Waals surface area (Å²) in [6.07, 6.45) is 6.35. The summed E-state index contributed by atoms with van der Waals surface area (Å²) in [7, 11) is 6.39. The first-order valence-corrected chi connectivity index (χ1v) is 6.71. The molecule has 0 amide bonds. The molecule has 1 aromatic rings. The van der Waals surface area contributed by atoms with Crippen LogP contribution < -0.4 is 10.2 Å². The van der Waals surface area contributed by atoms with Gasteiger partial charge in [-0.1, -0.05) is 0 Å². The Morgan fingerprint density at radius 1 is 1.44 bits per heavy atom. The van der Waals surface area contributed by atoms with Crippen LogP contribution in [-0.2, 0) is 6.54 Å². The topological polar surface area (TPSA) is 31.4 Å². The van der Waals surface area contributed by atoms with E-state index in [4.69, 9.17) is 0 Å². The number of piperidine rings is 1. The molecule has 0 spiro atoms. The highest BCUT2D eigenvalue weighted by molar-refractivity contribution is 5.52. The Balaban J connectivity index is 2.10. The molecule has 1 N–H and O–H groups in total. The van der Waals surface area contributed by atoms with Gasteiger partial charge in [0.2, 0.25) is 0 Å². The fourth-order valence-corrected chi connectivity index (χ4v) is 2.67. The van der Waals surface area contributed by atoms with Gasteiger partial charge in [-0.3, -0.25) is 4.98 Å². The van der Waals surface area contributed by atoms with Crippen LogP contribution in [0.2, 0.25) is 0 Å². The summed E-state index contributed by atoms with van der Waals surface area (Å²) in [5.74, 6) is 0. The van der Waals surface area contributed by atoms with Gasteiger partial charge in [0.05, 0.1) is 0 Å². The predicted molar refractivity (Wildman–Crippen MR) is 75.9 cm³/mol. The molecule has 2 rings (SSSR count). The molecule has 0 saturated carbocycles. The van der Waals surface area contributed by atoms with Gasteiger partial charge in [0, 0.05) is 43.3 Å². The third-order valence-corrected chi connectivity index (χ3v) is 3.86. The third kappa shape index (κ3) is 3.00. The van der Waals surface area contributed by atoms with E-state index in [0.29, 0.717) is 6.04 Å². The predicted octanol–water partition coefficient (Wildman–Crippen LogP) is 1.33. The molecule has 0 bridgehead atoms. The molecular formula is C14H24N4. The van der Waals surface area contributed by atoms with E-state index >= 15 is 0 Å². The van der Waals surface area contributed by atoms with Gasteiger partial charge in [0.15, 0.2) is 0 Å². The first kappa shape index (κ1) is 13.3. The molecule has 100 valence electrons.